The number of hydrogen-bond acceptors (Lipinski definition) is 2. The molecule has 2 N–H and O–H groups in total. The Hall–Kier alpha value is -1.61. The summed E-state index contributed by atoms with van der Waals surface area (Å²) in [7, 11) is 0. The first kappa shape index (κ1) is 12.8. The third-order valence-electron chi connectivity index (χ3n) is 3.54. The number of nitrogens with two attached hydrogens (primary N) is 1. The Kier molecular flexibility index (Phi) is 3.53. The van der Waals surface area contributed by atoms with Gasteiger partial charge in [0.1, 0.15) is 0 Å². The third kappa shape index (κ3) is 2.06. The topological polar surface area (TPSA) is 43.8 Å². The highest BCUT2D eigenvalue weighted by atomic mass is 15.3. The average Bonchev–Trinajstić information content (AvgIpc) is 2.65. The molecule has 0 spiro atoms. The van der Waals surface area contributed by atoms with Gasteiger partial charge in [0.25, 0.3) is 0 Å². The van der Waals surface area contributed by atoms with E-state index in [1.807, 2.05) is 16.8 Å². The molecular weight excluding hydrogens is 222 g/mol. The van der Waals surface area contributed by atoms with E-state index >= 15 is 0 Å². The molecule has 0 amide bonds. The molecule has 0 bridgehead atoms. The number of hydrogen-bond donors (Lipinski definition) is 1. The van der Waals surface area contributed by atoms with E-state index in [0.717, 1.165) is 11.4 Å². The molecule has 0 aliphatic heterocycles. The Morgan fingerprint density at radius 3 is 2.50 bits per heavy atom. The predicted molar refractivity (Wildman–Crippen MR) is 75.2 cm³/mol. The third-order valence-corrected chi connectivity index (χ3v) is 3.54. The van der Waals surface area contributed by atoms with Crippen molar-refractivity contribution in [2.45, 2.75) is 33.6 Å². The number of benzene rings is 1. The van der Waals surface area contributed by atoms with Crippen LogP contribution in [0.1, 0.15) is 35.4 Å². The van der Waals surface area contributed by atoms with Gasteiger partial charge >= 0.3 is 0 Å². The van der Waals surface area contributed by atoms with E-state index < -0.39 is 0 Å². The van der Waals surface area contributed by atoms with Crippen molar-refractivity contribution in [1.29, 1.82) is 0 Å². The number of aromatic nitrogens is 2. The summed E-state index contributed by atoms with van der Waals surface area (Å²) in [5, 5.41) is 4.67. The van der Waals surface area contributed by atoms with Crippen LogP contribution in [-0.4, -0.2) is 16.3 Å². The van der Waals surface area contributed by atoms with E-state index in [1.165, 1.54) is 16.8 Å². The molecule has 2 rings (SSSR count). The fourth-order valence-electron chi connectivity index (χ4n) is 2.52. The van der Waals surface area contributed by atoms with E-state index in [1.54, 1.807) is 0 Å². The van der Waals surface area contributed by atoms with Crippen LogP contribution in [0.4, 0.5) is 0 Å². The van der Waals surface area contributed by atoms with Gasteiger partial charge in [0.05, 0.1) is 11.4 Å². The maximum atomic E-state index is 5.78. The monoisotopic (exact) mass is 243 g/mol. The molecule has 0 fully saturated rings. The number of nitrogens with zero attached hydrogens (tertiary/aromatic N) is 2. The van der Waals surface area contributed by atoms with Gasteiger partial charge in [0, 0.05) is 11.3 Å². The van der Waals surface area contributed by atoms with Gasteiger partial charge in [0.15, 0.2) is 0 Å². The van der Waals surface area contributed by atoms with Crippen LogP contribution in [0.25, 0.3) is 5.69 Å². The second-order valence-corrected chi connectivity index (χ2v) is 4.92. The Morgan fingerprint density at radius 1 is 1.22 bits per heavy atom. The van der Waals surface area contributed by atoms with Crippen LogP contribution in [0.2, 0.25) is 0 Å². The van der Waals surface area contributed by atoms with Crippen molar-refractivity contribution in [3.8, 4) is 5.69 Å². The van der Waals surface area contributed by atoms with E-state index in [2.05, 4.69) is 44.9 Å². The zero-order valence-electron chi connectivity index (χ0n) is 11.6. The van der Waals surface area contributed by atoms with Crippen LogP contribution >= 0.6 is 0 Å². The lowest BCUT2D eigenvalue weighted by molar-refractivity contribution is 0.759. The molecule has 18 heavy (non-hydrogen) atoms. The molecule has 0 aliphatic rings. The smallest absolute Gasteiger partial charge is 0.0678 e. The zero-order valence-corrected chi connectivity index (χ0v) is 11.6. The SMILES string of the molecule is Cc1ccccc1-n1nc(C)c(C(C)CN)c1C. The highest BCUT2D eigenvalue weighted by molar-refractivity contribution is 5.43. The van der Waals surface area contributed by atoms with Gasteiger partial charge in [-0.05, 0) is 44.9 Å². The highest BCUT2D eigenvalue weighted by Crippen LogP contribution is 2.25. The molecular formula is C15H21N3. The van der Waals surface area contributed by atoms with Gasteiger partial charge in [-0.25, -0.2) is 4.68 Å². The van der Waals surface area contributed by atoms with Gasteiger partial charge in [-0.3, -0.25) is 0 Å². The van der Waals surface area contributed by atoms with Crippen LogP contribution in [0, 0.1) is 20.8 Å². The van der Waals surface area contributed by atoms with Crippen molar-refractivity contribution < 1.29 is 0 Å². The van der Waals surface area contributed by atoms with E-state index in [4.69, 9.17) is 5.73 Å². The van der Waals surface area contributed by atoms with Crippen molar-refractivity contribution in [3.63, 3.8) is 0 Å². The van der Waals surface area contributed by atoms with E-state index in [0.29, 0.717) is 12.5 Å². The molecule has 1 atom stereocenters. The Bertz CT molecular complexity index is 555. The first-order valence-electron chi connectivity index (χ1n) is 6.38. The van der Waals surface area contributed by atoms with Crippen molar-refractivity contribution >= 4 is 0 Å². The molecule has 1 aromatic heterocycles. The minimum Gasteiger partial charge on any atom is -0.330 e. The van der Waals surface area contributed by atoms with Gasteiger partial charge in [-0.1, -0.05) is 25.1 Å². The second-order valence-electron chi connectivity index (χ2n) is 4.92. The van der Waals surface area contributed by atoms with Crippen molar-refractivity contribution in [2.75, 3.05) is 6.54 Å². The largest absolute Gasteiger partial charge is 0.330 e. The first-order chi connectivity index (χ1) is 8.56. The van der Waals surface area contributed by atoms with Crippen LogP contribution in [-0.2, 0) is 0 Å². The van der Waals surface area contributed by atoms with Crippen molar-refractivity contribution in [1.82, 2.24) is 9.78 Å². The summed E-state index contributed by atoms with van der Waals surface area (Å²) in [5.74, 6) is 0.350. The summed E-state index contributed by atoms with van der Waals surface area (Å²) in [6.45, 7) is 9.09. The lowest BCUT2D eigenvalue weighted by atomic mass is 9.99. The standard InChI is InChI=1S/C15H21N3/c1-10-7-5-6-8-14(10)18-13(4)15(11(2)9-16)12(3)17-18/h5-8,11H,9,16H2,1-4H3. The predicted octanol–water partition coefficient (Wildman–Crippen LogP) is 2.86. The molecule has 0 saturated heterocycles. The summed E-state index contributed by atoms with van der Waals surface area (Å²) >= 11 is 0. The lowest BCUT2D eigenvalue weighted by Gasteiger charge is -2.11. The van der Waals surface area contributed by atoms with Gasteiger partial charge in [0.2, 0.25) is 0 Å². The summed E-state index contributed by atoms with van der Waals surface area (Å²) in [5.41, 5.74) is 11.7. The zero-order chi connectivity index (χ0) is 13.3. The van der Waals surface area contributed by atoms with Gasteiger partial charge in [-0.2, -0.15) is 5.10 Å². The Labute approximate surface area is 109 Å². The van der Waals surface area contributed by atoms with Gasteiger partial charge < -0.3 is 5.73 Å². The van der Waals surface area contributed by atoms with E-state index in [9.17, 15) is 0 Å². The quantitative estimate of drug-likeness (QED) is 0.900. The van der Waals surface area contributed by atoms with E-state index in [-0.39, 0.29) is 0 Å². The second kappa shape index (κ2) is 4.94. The molecule has 1 heterocycles. The molecule has 3 heteroatoms. The van der Waals surface area contributed by atoms with Crippen molar-refractivity contribution in [2.24, 2.45) is 5.73 Å². The first-order valence-corrected chi connectivity index (χ1v) is 6.38. The number of rotatable bonds is 3. The minimum atomic E-state index is 0.350. The summed E-state index contributed by atoms with van der Waals surface area (Å²) in [6.07, 6.45) is 0. The maximum absolute atomic E-state index is 5.78. The highest BCUT2D eigenvalue weighted by Gasteiger charge is 2.17. The molecule has 0 saturated carbocycles. The van der Waals surface area contributed by atoms with Crippen LogP contribution < -0.4 is 5.73 Å². The molecule has 0 aliphatic carbocycles. The Balaban J connectivity index is 2.58. The summed E-state index contributed by atoms with van der Waals surface area (Å²) in [4.78, 5) is 0. The van der Waals surface area contributed by atoms with Gasteiger partial charge in [-0.15, -0.1) is 0 Å². The fourth-order valence-corrected chi connectivity index (χ4v) is 2.52. The number of aryl methyl sites for hydroxylation is 2. The fraction of sp³-hybridized carbons (Fsp3) is 0.400. The maximum Gasteiger partial charge on any atom is 0.0678 e. The van der Waals surface area contributed by atoms with Crippen molar-refractivity contribution in [3.05, 3.63) is 46.8 Å². The van der Waals surface area contributed by atoms with Crippen LogP contribution in [0.3, 0.4) is 0 Å². The minimum absolute atomic E-state index is 0.350. The molecule has 1 unspecified atom stereocenters. The average molecular weight is 243 g/mol. The molecule has 1 aromatic carbocycles. The molecule has 96 valence electrons. The Morgan fingerprint density at radius 2 is 1.89 bits per heavy atom. The molecule has 3 nitrogen and oxygen atoms in total. The number of para-hydroxylation sites is 1. The summed E-state index contributed by atoms with van der Waals surface area (Å²) in [6, 6.07) is 8.31. The van der Waals surface area contributed by atoms with Crippen LogP contribution in [0.5, 0.6) is 0 Å². The molecule has 0 radical (unpaired) electrons. The van der Waals surface area contributed by atoms with Crippen LogP contribution in [0.15, 0.2) is 24.3 Å². The normalized spacial score (nSPS) is 12.7. The molecule has 2 aromatic rings. The summed E-state index contributed by atoms with van der Waals surface area (Å²) < 4.78 is 2.03. The lowest BCUT2D eigenvalue weighted by Crippen LogP contribution is -2.11.